The van der Waals surface area contributed by atoms with Gasteiger partial charge in [-0.3, -0.25) is 4.90 Å². The van der Waals surface area contributed by atoms with E-state index < -0.39 is 11.7 Å². The monoisotopic (exact) mass is 339 g/mol. The van der Waals surface area contributed by atoms with E-state index in [0.29, 0.717) is 17.9 Å². The topological polar surface area (TPSA) is 55.3 Å². The Balaban J connectivity index is 1.79. The van der Waals surface area contributed by atoms with Crippen molar-refractivity contribution in [2.45, 2.75) is 38.5 Å². The molecule has 0 unspecified atom stereocenters. The molecule has 1 fully saturated rings. The van der Waals surface area contributed by atoms with Gasteiger partial charge < -0.3 is 10.2 Å². The van der Waals surface area contributed by atoms with E-state index in [0.717, 1.165) is 43.8 Å². The molecule has 0 spiro atoms. The molecule has 1 aliphatic heterocycles. The van der Waals surface area contributed by atoms with E-state index in [9.17, 15) is 13.2 Å². The number of halogens is 3. The van der Waals surface area contributed by atoms with Crippen molar-refractivity contribution in [1.29, 1.82) is 0 Å². The van der Waals surface area contributed by atoms with Crippen molar-refractivity contribution in [2.24, 2.45) is 5.73 Å². The zero-order valence-corrected chi connectivity index (χ0v) is 13.4. The maximum absolute atomic E-state index is 12.8. The Morgan fingerprint density at radius 3 is 2.67 bits per heavy atom. The summed E-state index contributed by atoms with van der Waals surface area (Å²) in [7, 11) is 0. The summed E-state index contributed by atoms with van der Waals surface area (Å²) in [5, 5.41) is 0. The molecular formula is C17H20F3N3O. The Labute approximate surface area is 138 Å². The number of likely N-dealkylation sites (tertiary alicyclic amines) is 1. The van der Waals surface area contributed by atoms with Gasteiger partial charge in [0.2, 0.25) is 5.89 Å². The van der Waals surface area contributed by atoms with Crippen LogP contribution in [0.25, 0.3) is 11.5 Å². The van der Waals surface area contributed by atoms with E-state index in [1.54, 1.807) is 13.0 Å². The van der Waals surface area contributed by atoms with Crippen molar-refractivity contribution >= 4 is 0 Å². The maximum atomic E-state index is 12.8. The first-order valence-corrected chi connectivity index (χ1v) is 7.95. The number of aryl methyl sites for hydroxylation is 1. The van der Waals surface area contributed by atoms with Crippen LogP contribution < -0.4 is 5.73 Å². The summed E-state index contributed by atoms with van der Waals surface area (Å²) in [6.45, 7) is 4.20. The highest BCUT2D eigenvalue weighted by Crippen LogP contribution is 2.32. The van der Waals surface area contributed by atoms with Gasteiger partial charge in [0.1, 0.15) is 5.76 Å². The summed E-state index contributed by atoms with van der Waals surface area (Å²) in [4.78, 5) is 6.65. The largest absolute Gasteiger partial charge is 0.441 e. The second-order valence-electron chi connectivity index (χ2n) is 6.21. The van der Waals surface area contributed by atoms with E-state index >= 15 is 0 Å². The summed E-state index contributed by atoms with van der Waals surface area (Å²) < 4.78 is 44.1. The quantitative estimate of drug-likeness (QED) is 0.928. The molecule has 0 bridgehead atoms. The fraction of sp³-hybridized carbons (Fsp3) is 0.471. The Kier molecular flexibility index (Phi) is 4.64. The number of hydrogen-bond acceptors (Lipinski definition) is 4. The number of nitrogens with zero attached hydrogens (tertiary/aromatic N) is 2. The summed E-state index contributed by atoms with van der Waals surface area (Å²) in [5.74, 6) is 0.861. The molecule has 130 valence electrons. The van der Waals surface area contributed by atoms with E-state index in [-0.39, 0.29) is 11.9 Å². The van der Waals surface area contributed by atoms with Crippen LogP contribution in [0.5, 0.6) is 0 Å². The minimum absolute atomic E-state index is 0.224. The highest BCUT2D eigenvalue weighted by atomic mass is 19.4. The van der Waals surface area contributed by atoms with Crippen LogP contribution in [0.2, 0.25) is 0 Å². The van der Waals surface area contributed by atoms with Gasteiger partial charge in [0, 0.05) is 31.2 Å². The van der Waals surface area contributed by atoms with E-state index in [4.69, 9.17) is 10.2 Å². The first-order chi connectivity index (χ1) is 11.3. The number of aromatic nitrogens is 1. The molecule has 1 saturated heterocycles. The standard InChI is InChI=1S/C17H20F3N3O/c1-11-15(10-23-7-5-14(21)6-8-23)22-16(24-11)12-3-2-4-13(9-12)17(18,19)20/h2-4,9,14H,5-8,10,21H2,1H3. The molecule has 0 aliphatic carbocycles. The Morgan fingerprint density at radius 1 is 1.29 bits per heavy atom. The second-order valence-corrected chi connectivity index (χ2v) is 6.21. The number of benzene rings is 1. The highest BCUT2D eigenvalue weighted by Gasteiger charge is 2.31. The summed E-state index contributed by atoms with van der Waals surface area (Å²) in [5.41, 5.74) is 6.29. The Morgan fingerprint density at radius 2 is 2.00 bits per heavy atom. The zero-order valence-electron chi connectivity index (χ0n) is 13.4. The number of nitrogens with two attached hydrogens (primary N) is 1. The predicted octanol–water partition coefficient (Wildman–Crippen LogP) is 3.59. The summed E-state index contributed by atoms with van der Waals surface area (Å²) in [6, 6.07) is 5.29. The summed E-state index contributed by atoms with van der Waals surface area (Å²) >= 11 is 0. The highest BCUT2D eigenvalue weighted by molar-refractivity contribution is 5.55. The fourth-order valence-electron chi connectivity index (χ4n) is 2.85. The molecule has 4 nitrogen and oxygen atoms in total. The molecule has 0 radical (unpaired) electrons. The number of alkyl halides is 3. The van der Waals surface area contributed by atoms with Crippen LogP contribution in [-0.2, 0) is 12.7 Å². The molecule has 1 aromatic carbocycles. The van der Waals surface area contributed by atoms with Crippen molar-refractivity contribution in [2.75, 3.05) is 13.1 Å². The molecule has 1 aromatic heterocycles. The number of oxazole rings is 1. The lowest BCUT2D eigenvalue weighted by Gasteiger charge is -2.29. The van der Waals surface area contributed by atoms with Crippen molar-refractivity contribution < 1.29 is 17.6 Å². The molecule has 3 rings (SSSR count). The van der Waals surface area contributed by atoms with Crippen molar-refractivity contribution in [1.82, 2.24) is 9.88 Å². The molecular weight excluding hydrogens is 319 g/mol. The lowest BCUT2D eigenvalue weighted by molar-refractivity contribution is -0.137. The van der Waals surface area contributed by atoms with Gasteiger partial charge in [-0.15, -0.1) is 0 Å². The van der Waals surface area contributed by atoms with Crippen LogP contribution in [0.15, 0.2) is 28.7 Å². The van der Waals surface area contributed by atoms with E-state index in [1.807, 2.05) is 0 Å². The minimum atomic E-state index is -4.38. The average Bonchev–Trinajstić information content (AvgIpc) is 2.90. The van der Waals surface area contributed by atoms with E-state index in [2.05, 4.69) is 9.88 Å². The third-order valence-corrected chi connectivity index (χ3v) is 4.34. The zero-order chi connectivity index (χ0) is 17.3. The van der Waals surface area contributed by atoms with Crippen molar-refractivity contribution in [3.05, 3.63) is 41.3 Å². The third-order valence-electron chi connectivity index (χ3n) is 4.34. The lowest BCUT2D eigenvalue weighted by atomic mass is 10.1. The van der Waals surface area contributed by atoms with Gasteiger partial charge in [-0.05, 0) is 38.0 Å². The van der Waals surface area contributed by atoms with Crippen LogP contribution in [0.1, 0.15) is 29.9 Å². The van der Waals surface area contributed by atoms with Gasteiger partial charge in [0.15, 0.2) is 0 Å². The summed E-state index contributed by atoms with van der Waals surface area (Å²) in [6.07, 6.45) is -2.50. The number of hydrogen-bond donors (Lipinski definition) is 1. The molecule has 0 saturated carbocycles. The van der Waals surface area contributed by atoms with Crippen molar-refractivity contribution in [3.63, 3.8) is 0 Å². The van der Waals surface area contributed by atoms with Gasteiger partial charge in [-0.1, -0.05) is 6.07 Å². The number of rotatable bonds is 3. The molecule has 7 heteroatoms. The van der Waals surface area contributed by atoms with Crippen LogP contribution in [0.4, 0.5) is 13.2 Å². The molecule has 2 N–H and O–H groups in total. The first kappa shape index (κ1) is 17.0. The maximum Gasteiger partial charge on any atom is 0.416 e. The molecule has 2 heterocycles. The smallest absolute Gasteiger partial charge is 0.416 e. The fourth-order valence-corrected chi connectivity index (χ4v) is 2.85. The molecule has 1 aliphatic rings. The van der Waals surface area contributed by atoms with Crippen LogP contribution in [-0.4, -0.2) is 29.0 Å². The van der Waals surface area contributed by atoms with E-state index in [1.165, 1.54) is 6.07 Å². The van der Waals surface area contributed by atoms with Crippen LogP contribution in [0.3, 0.4) is 0 Å². The molecule has 0 atom stereocenters. The van der Waals surface area contributed by atoms with Gasteiger partial charge in [-0.25, -0.2) is 4.98 Å². The minimum Gasteiger partial charge on any atom is -0.441 e. The normalized spacial score (nSPS) is 17.4. The predicted molar refractivity (Wildman–Crippen MR) is 84.2 cm³/mol. The van der Waals surface area contributed by atoms with Gasteiger partial charge in [-0.2, -0.15) is 13.2 Å². The third kappa shape index (κ3) is 3.79. The van der Waals surface area contributed by atoms with Gasteiger partial charge in [0.05, 0.1) is 11.3 Å². The SMILES string of the molecule is Cc1oc(-c2cccc(C(F)(F)F)c2)nc1CN1CCC(N)CC1. The van der Waals surface area contributed by atoms with Crippen LogP contribution >= 0.6 is 0 Å². The molecule has 0 amide bonds. The Hall–Kier alpha value is -1.86. The second kappa shape index (κ2) is 6.57. The lowest BCUT2D eigenvalue weighted by Crippen LogP contribution is -2.39. The average molecular weight is 339 g/mol. The van der Waals surface area contributed by atoms with Gasteiger partial charge in [0.25, 0.3) is 0 Å². The Bertz CT molecular complexity index is 703. The number of piperidine rings is 1. The molecule has 2 aromatic rings. The first-order valence-electron chi connectivity index (χ1n) is 7.95. The molecule has 24 heavy (non-hydrogen) atoms. The van der Waals surface area contributed by atoms with Gasteiger partial charge >= 0.3 is 6.18 Å². The van der Waals surface area contributed by atoms with Crippen molar-refractivity contribution in [3.8, 4) is 11.5 Å². The van der Waals surface area contributed by atoms with Crippen LogP contribution in [0, 0.1) is 6.92 Å².